The normalized spacial score (nSPS) is 17.1. The Labute approximate surface area is 153 Å². The summed E-state index contributed by atoms with van der Waals surface area (Å²) in [5, 5.41) is 6.61. The lowest BCUT2D eigenvalue weighted by molar-refractivity contribution is -0.131. The average molecular weight is 439 g/mol. The molecule has 0 spiro atoms. The number of nitrogens with one attached hydrogen (secondary N) is 1. The van der Waals surface area contributed by atoms with E-state index in [9.17, 15) is 9.59 Å². The number of carbonyl (C=O) groups is 2. The van der Waals surface area contributed by atoms with Crippen molar-refractivity contribution in [3.8, 4) is 0 Å². The molecule has 0 radical (unpaired) electrons. The van der Waals surface area contributed by atoms with Gasteiger partial charge in [0.2, 0.25) is 5.91 Å². The second kappa shape index (κ2) is 7.33. The monoisotopic (exact) mass is 439 g/mol. The Kier molecular flexibility index (Phi) is 5.17. The van der Waals surface area contributed by atoms with Gasteiger partial charge in [-0.25, -0.2) is 0 Å². The number of benzene rings is 1. The van der Waals surface area contributed by atoms with Crippen LogP contribution in [0.3, 0.4) is 0 Å². The third-order valence-corrected chi connectivity index (χ3v) is 5.01. The molecule has 3 rings (SSSR count). The Morgan fingerprint density at radius 2 is 2.21 bits per heavy atom. The minimum atomic E-state index is -0.236. The van der Waals surface area contributed by atoms with Gasteiger partial charge in [-0.3, -0.25) is 9.59 Å². The fourth-order valence-corrected chi connectivity index (χ4v) is 3.53. The van der Waals surface area contributed by atoms with Crippen molar-refractivity contribution in [3.63, 3.8) is 0 Å². The van der Waals surface area contributed by atoms with Gasteiger partial charge in [0.15, 0.2) is 5.76 Å². The number of carbonyl (C=O) groups excluding carboxylic acids is 2. The van der Waals surface area contributed by atoms with E-state index in [1.165, 1.54) is 0 Å². The van der Waals surface area contributed by atoms with Crippen LogP contribution in [0.4, 0.5) is 0 Å². The van der Waals surface area contributed by atoms with Gasteiger partial charge in [-0.15, -0.1) is 0 Å². The number of rotatable bonds is 4. The molecule has 2 aromatic rings. The van der Waals surface area contributed by atoms with Crippen LogP contribution < -0.4 is 5.32 Å². The molecule has 1 aliphatic heterocycles. The predicted octanol–water partition coefficient (Wildman–Crippen LogP) is 2.68. The van der Waals surface area contributed by atoms with E-state index in [1.807, 2.05) is 31.2 Å². The number of nitrogens with zero attached hydrogens (tertiary/aromatic N) is 2. The van der Waals surface area contributed by atoms with Crippen LogP contribution in [-0.2, 0) is 4.79 Å². The Bertz CT molecular complexity index is 759. The maximum Gasteiger partial charge on any atom is 0.252 e. The highest BCUT2D eigenvalue weighted by molar-refractivity contribution is 14.1. The summed E-state index contributed by atoms with van der Waals surface area (Å²) in [4.78, 5) is 26.5. The topological polar surface area (TPSA) is 75.4 Å². The van der Waals surface area contributed by atoms with Crippen molar-refractivity contribution < 1.29 is 14.1 Å². The molecular weight excluding hydrogens is 421 g/mol. The van der Waals surface area contributed by atoms with Gasteiger partial charge in [0.25, 0.3) is 5.91 Å². The summed E-state index contributed by atoms with van der Waals surface area (Å²) in [7, 11) is 0. The fraction of sp³-hybridized carbons (Fsp3) is 0.353. The summed E-state index contributed by atoms with van der Waals surface area (Å²) in [5.74, 6) is 0.368. The first-order valence-corrected chi connectivity index (χ1v) is 8.89. The maximum atomic E-state index is 12.5. The minimum absolute atomic E-state index is 0.0204. The van der Waals surface area contributed by atoms with Crippen molar-refractivity contribution in [1.82, 2.24) is 15.4 Å². The van der Waals surface area contributed by atoms with Crippen LogP contribution in [0.2, 0.25) is 0 Å². The number of hydrogen-bond acceptors (Lipinski definition) is 4. The van der Waals surface area contributed by atoms with Crippen LogP contribution in [-0.4, -0.2) is 35.0 Å². The van der Waals surface area contributed by atoms with Gasteiger partial charge in [-0.2, -0.15) is 0 Å². The van der Waals surface area contributed by atoms with E-state index < -0.39 is 0 Å². The molecule has 1 unspecified atom stereocenters. The second-order valence-corrected chi connectivity index (χ2v) is 6.94. The highest BCUT2D eigenvalue weighted by Crippen LogP contribution is 2.32. The molecule has 2 amide bonds. The van der Waals surface area contributed by atoms with Crippen molar-refractivity contribution in [1.29, 1.82) is 0 Å². The molecule has 6 nitrogen and oxygen atoms in total. The number of hydrogen-bond donors (Lipinski definition) is 1. The van der Waals surface area contributed by atoms with E-state index in [0.29, 0.717) is 17.9 Å². The van der Waals surface area contributed by atoms with Crippen molar-refractivity contribution in [3.05, 3.63) is 50.9 Å². The molecule has 0 saturated carbocycles. The highest BCUT2D eigenvalue weighted by Gasteiger charge is 2.32. The van der Waals surface area contributed by atoms with Gasteiger partial charge < -0.3 is 14.7 Å². The molecule has 1 aliphatic rings. The zero-order valence-electron chi connectivity index (χ0n) is 13.3. The van der Waals surface area contributed by atoms with Crippen molar-refractivity contribution in [2.75, 3.05) is 13.1 Å². The van der Waals surface area contributed by atoms with E-state index in [1.54, 1.807) is 11.0 Å². The van der Waals surface area contributed by atoms with Crippen molar-refractivity contribution >= 4 is 34.4 Å². The van der Waals surface area contributed by atoms with Crippen LogP contribution >= 0.6 is 22.6 Å². The molecule has 24 heavy (non-hydrogen) atoms. The van der Waals surface area contributed by atoms with Gasteiger partial charge in [0.1, 0.15) is 0 Å². The van der Waals surface area contributed by atoms with Crippen LogP contribution in [0.1, 0.15) is 40.7 Å². The van der Waals surface area contributed by atoms with Crippen LogP contribution in [0.15, 0.2) is 34.9 Å². The van der Waals surface area contributed by atoms with Gasteiger partial charge in [-0.05, 0) is 54.5 Å². The SMILES string of the molecule is Cc1cc(C2CCCN2C(=O)CNC(=O)c2ccccc2I)on1. The zero-order valence-corrected chi connectivity index (χ0v) is 15.4. The summed E-state index contributed by atoms with van der Waals surface area (Å²) < 4.78 is 6.16. The number of halogens is 1. The summed E-state index contributed by atoms with van der Waals surface area (Å²) >= 11 is 2.11. The summed E-state index contributed by atoms with van der Waals surface area (Å²) in [6, 6.07) is 9.06. The van der Waals surface area contributed by atoms with E-state index in [2.05, 4.69) is 33.1 Å². The van der Waals surface area contributed by atoms with E-state index in [-0.39, 0.29) is 24.4 Å². The molecule has 1 saturated heterocycles. The predicted molar refractivity (Wildman–Crippen MR) is 96.4 cm³/mol. The number of amides is 2. The van der Waals surface area contributed by atoms with E-state index in [0.717, 1.165) is 22.1 Å². The summed E-state index contributed by atoms with van der Waals surface area (Å²) in [5.41, 5.74) is 1.38. The Balaban J connectivity index is 1.62. The third-order valence-electron chi connectivity index (χ3n) is 4.07. The molecule has 1 fully saturated rings. The quantitative estimate of drug-likeness (QED) is 0.744. The minimum Gasteiger partial charge on any atom is -0.359 e. The molecule has 1 N–H and O–H groups in total. The maximum absolute atomic E-state index is 12.5. The average Bonchev–Trinajstić information content (AvgIpc) is 3.21. The lowest BCUT2D eigenvalue weighted by Gasteiger charge is -2.22. The van der Waals surface area contributed by atoms with Gasteiger partial charge in [-0.1, -0.05) is 17.3 Å². The van der Waals surface area contributed by atoms with E-state index >= 15 is 0 Å². The molecule has 2 heterocycles. The van der Waals surface area contributed by atoms with Gasteiger partial charge >= 0.3 is 0 Å². The lowest BCUT2D eigenvalue weighted by Crippen LogP contribution is -2.40. The van der Waals surface area contributed by atoms with Crippen LogP contribution in [0.5, 0.6) is 0 Å². The van der Waals surface area contributed by atoms with Gasteiger partial charge in [0, 0.05) is 16.2 Å². The first kappa shape index (κ1) is 16.9. The first-order valence-electron chi connectivity index (χ1n) is 7.81. The molecular formula is C17H18IN3O3. The molecule has 1 atom stereocenters. The molecule has 7 heteroatoms. The van der Waals surface area contributed by atoms with Crippen LogP contribution in [0.25, 0.3) is 0 Å². The standard InChI is InChI=1S/C17H18IN3O3/c1-11-9-15(24-20-11)14-7-4-8-21(14)16(22)10-19-17(23)12-5-2-3-6-13(12)18/h2-3,5-6,9,14H,4,7-8,10H2,1H3,(H,19,23). The highest BCUT2D eigenvalue weighted by atomic mass is 127. The molecule has 1 aromatic heterocycles. The Morgan fingerprint density at radius 1 is 1.42 bits per heavy atom. The molecule has 1 aromatic carbocycles. The fourth-order valence-electron chi connectivity index (χ4n) is 2.90. The summed E-state index contributed by atoms with van der Waals surface area (Å²) in [6.45, 7) is 2.51. The second-order valence-electron chi connectivity index (χ2n) is 5.78. The Hall–Kier alpha value is -1.90. The van der Waals surface area contributed by atoms with E-state index in [4.69, 9.17) is 4.52 Å². The van der Waals surface area contributed by atoms with Crippen LogP contribution in [0, 0.1) is 10.5 Å². The Morgan fingerprint density at radius 3 is 2.92 bits per heavy atom. The number of aryl methyl sites for hydroxylation is 1. The lowest BCUT2D eigenvalue weighted by atomic mass is 10.1. The molecule has 0 bridgehead atoms. The molecule has 0 aliphatic carbocycles. The largest absolute Gasteiger partial charge is 0.359 e. The molecule has 126 valence electrons. The first-order chi connectivity index (χ1) is 11.6. The van der Waals surface area contributed by atoms with Crippen molar-refractivity contribution in [2.24, 2.45) is 0 Å². The smallest absolute Gasteiger partial charge is 0.252 e. The van der Waals surface area contributed by atoms with Crippen molar-refractivity contribution in [2.45, 2.75) is 25.8 Å². The summed E-state index contributed by atoms with van der Waals surface area (Å²) in [6.07, 6.45) is 1.77. The third kappa shape index (κ3) is 3.61. The number of likely N-dealkylation sites (tertiary alicyclic amines) is 1. The van der Waals surface area contributed by atoms with Gasteiger partial charge in [0.05, 0.1) is 23.8 Å². The zero-order chi connectivity index (χ0) is 17.1. The number of aromatic nitrogens is 1.